The second-order valence-electron chi connectivity index (χ2n) is 6.35. The summed E-state index contributed by atoms with van der Waals surface area (Å²) < 4.78 is 49.5. The molecule has 27 heavy (non-hydrogen) atoms. The predicted molar refractivity (Wildman–Crippen MR) is 102 cm³/mol. The fourth-order valence-corrected chi connectivity index (χ4v) is 5.49. The highest BCUT2D eigenvalue weighted by atomic mass is 32.2. The first-order chi connectivity index (χ1) is 12.6. The van der Waals surface area contributed by atoms with Gasteiger partial charge in [-0.3, -0.25) is 10.1 Å². The molecule has 1 saturated heterocycles. The van der Waals surface area contributed by atoms with Crippen molar-refractivity contribution < 1.29 is 21.8 Å². The number of nitro groups is 1. The van der Waals surface area contributed by atoms with Gasteiger partial charge in [0.25, 0.3) is 0 Å². The van der Waals surface area contributed by atoms with Crippen LogP contribution < -0.4 is 0 Å². The van der Waals surface area contributed by atoms with Gasteiger partial charge in [-0.05, 0) is 25.0 Å². The third kappa shape index (κ3) is 5.90. The van der Waals surface area contributed by atoms with Gasteiger partial charge in [0.1, 0.15) is 0 Å². The summed E-state index contributed by atoms with van der Waals surface area (Å²) in [4.78, 5) is 11.5. The SMILES string of the molecule is CS(=O)(=O)/C=C(\C(=C/N1CCCCCC1)[N+](=O)[O-])S(=O)(=O)c1ccccc1. The van der Waals surface area contributed by atoms with E-state index in [9.17, 15) is 26.9 Å². The van der Waals surface area contributed by atoms with E-state index in [1.165, 1.54) is 24.3 Å². The Labute approximate surface area is 159 Å². The molecule has 0 spiro atoms. The van der Waals surface area contributed by atoms with Crippen LogP contribution in [-0.2, 0) is 19.7 Å². The Bertz CT molecular complexity index is 942. The van der Waals surface area contributed by atoms with E-state index in [0.29, 0.717) is 18.5 Å². The second-order valence-corrected chi connectivity index (χ2v) is 10.2. The highest BCUT2D eigenvalue weighted by Crippen LogP contribution is 2.27. The fraction of sp³-hybridized carbons (Fsp3) is 0.412. The monoisotopic (exact) mass is 414 g/mol. The van der Waals surface area contributed by atoms with Gasteiger partial charge in [0, 0.05) is 19.3 Å². The van der Waals surface area contributed by atoms with Crippen molar-refractivity contribution in [3.05, 3.63) is 62.7 Å². The van der Waals surface area contributed by atoms with Gasteiger partial charge >= 0.3 is 5.70 Å². The first kappa shape index (κ1) is 21.1. The van der Waals surface area contributed by atoms with Gasteiger partial charge in [-0.15, -0.1) is 0 Å². The Morgan fingerprint density at radius 2 is 1.59 bits per heavy atom. The number of rotatable bonds is 6. The quantitative estimate of drug-likeness (QED) is 0.399. The summed E-state index contributed by atoms with van der Waals surface area (Å²) in [6.07, 6.45) is 5.61. The summed E-state index contributed by atoms with van der Waals surface area (Å²) >= 11 is 0. The molecule has 0 unspecified atom stereocenters. The van der Waals surface area contributed by atoms with E-state index in [-0.39, 0.29) is 4.90 Å². The molecule has 10 heteroatoms. The third-order valence-electron chi connectivity index (χ3n) is 4.06. The van der Waals surface area contributed by atoms with Crippen molar-refractivity contribution in [2.24, 2.45) is 0 Å². The van der Waals surface area contributed by atoms with Crippen LogP contribution in [0.15, 0.2) is 57.4 Å². The molecule has 1 aromatic rings. The van der Waals surface area contributed by atoms with E-state index in [2.05, 4.69) is 0 Å². The molecule has 1 fully saturated rings. The van der Waals surface area contributed by atoms with Gasteiger partial charge in [-0.25, -0.2) is 16.8 Å². The number of sulfone groups is 2. The Morgan fingerprint density at radius 3 is 2.07 bits per heavy atom. The standard InChI is InChI=1S/C17H22N2O6S2/c1-26(22,23)14-17(27(24,25)15-9-5-4-6-10-15)16(19(20)21)13-18-11-7-2-3-8-12-18/h4-6,9-10,13-14H,2-3,7-8,11-12H2,1H3/b16-13+,17-14+. The minimum atomic E-state index is -4.39. The number of hydrogen-bond acceptors (Lipinski definition) is 7. The maximum Gasteiger partial charge on any atom is 0.304 e. The summed E-state index contributed by atoms with van der Waals surface area (Å²) in [6.45, 7) is 1.10. The van der Waals surface area contributed by atoms with Crippen LogP contribution >= 0.6 is 0 Å². The van der Waals surface area contributed by atoms with Crippen molar-refractivity contribution >= 4 is 19.7 Å². The lowest BCUT2D eigenvalue weighted by Gasteiger charge is -2.17. The molecular weight excluding hydrogens is 392 g/mol. The van der Waals surface area contributed by atoms with E-state index in [1.807, 2.05) is 0 Å². The largest absolute Gasteiger partial charge is 0.372 e. The third-order valence-corrected chi connectivity index (χ3v) is 6.67. The lowest BCUT2D eigenvalue weighted by atomic mass is 10.2. The van der Waals surface area contributed by atoms with Crippen molar-refractivity contribution in [2.45, 2.75) is 30.6 Å². The lowest BCUT2D eigenvalue weighted by Crippen LogP contribution is -2.22. The molecule has 148 valence electrons. The molecule has 0 atom stereocenters. The Hall–Kier alpha value is -2.20. The summed E-state index contributed by atoms with van der Waals surface area (Å²) in [5.74, 6) is 0. The van der Waals surface area contributed by atoms with Crippen LogP contribution in [-0.4, -0.2) is 46.0 Å². The zero-order valence-corrected chi connectivity index (χ0v) is 16.6. The molecule has 1 aromatic carbocycles. The van der Waals surface area contributed by atoms with Crippen molar-refractivity contribution in [3.63, 3.8) is 0 Å². The number of nitrogens with zero attached hydrogens (tertiary/aromatic N) is 2. The van der Waals surface area contributed by atoms with Crippen LogP contribution in [0.4, 0.5) is 0 Å². The lowest BCUT2D eigenvalue weighted by molar-refractivity contribution is -0.420. The molecule has 8 nitrogen and oxygen atoms in total. The highest BCUT2D eigenvalue weighted by Gasteiger charge is 2.33. The summed E-state index contributed by atoms with van der Waals surface area (Å²) in [5, 5.41) is 12.1. The van der Waals surface area contributed by atoms with Gasteiger partial charge in [-0.2, -0.15) is 0 Å². The van der Waals surface area contributed by atoms with Crippen LogP contribution in [0.1, 0.15) is 25.7 Å². The van der Waals surface area contributed by atoms with Crippen molar-refractivity contribution in [1.82, 2.24) is 4.90 Å². The molecule has 1 aliphatic rings. The minimum Gasteiger partial charge on any atom is -0.372 e. The molecule has 1 heterocycles. The van der Waals surface area contributed by atoms with Crippen LogP contribution in [0.5, 0.6) is 0 Å². The van der Waals surface area contributed by atoms with E-state index in [0.717, 1.165) is 38.1 Å². The molecular formula is C17H22N2O6S2. The maximum atomic E-state index is 13.0. The molecule has 0 saturated carbocycles. The topological polar surface area (TPSA) is 115 Å². The average Bonchev–Trinajstić information content (AvgIpc) is 2.86. The van der Waals surface area contributed by atoms with Gasteiger partial charge in [0.15, 0.2) is 14.7 Å². The van der Waals surface area contributed by atoms with Crippen LogP contribution in [0, 0.1) is 10.1 Å². The first-order valence-corrected chi connectivity index (χ1v) is 11.9. The summed E-state index contributed by atoms with van der Waals surface area (Å²) in [6, 6.07) is 7.08. The molecule has 0 N–H and O–H groups in total. The number of benzene rings is 1. The number of likely N-dealkylation sites (tertiary alicyclic amines) is 1. The molecule has 0 aliphatic carbocycles. The van der Waals surface area contributed by atoms with E-state index in [1.54, 1.807) is 11.0 Å². The number of hydrogen-bond donors (Lipinski definition) is 0. The van der Waals surface area contributed by atoms with Crippen molar-refractivity contribution in [3.8, 4) is 0 Å². The molecule has 0 radical (unpaired) electrons. The highest BCUT2D eigenvalue weighted by molar-refractivity contribution is 7.98. The van der Waals surface area contributed by atoms with Gasteiger partial charge < -0.3 is 4.90 Å². The van der Waals surface area contributed by atoms with Gasteiger partial charge in [-0.1, -0.05) is 31.0 Å². The van der Waals surface area contributed by atoms with E-state index in [4.69, 9.17) is 0 Å². The molecule has 2 rings (SSSR count). The normalized spacial score (nSPS) is 17.4. The molecule has 0 bridgehead atoms. The second kappa shape index (κ2) is 8.66. The van der Waals surface area contributed by atoms with E-state index < -0.39 is 35.2 Å². The van der Waals surface area contributed by atoms with Gasteiger partial charge in [0.05, 0.1) is 21.4 Å². The zero-order chi connectivity index (χ0) is 20.1. The Balaban J connectivity index is 2.64. The van der Waals surface area contributed by atoms with Gasteiger partial charge in [0.2, 0.25) is 9.84 Å². The van der Waals surface area contributed by atoms with E-state index >= 15 is 0 Å². The van der Waals surface area contributed by atoms with Crippen molar-refractivity contribution in [2.75, 3.05) is 19.3 Å². The predicted octanol–water partition coefficient (Wildman–Crippen LogP) is 2.34. The van der Waals surface area contributed by atoms with Crippen molar-refractivity contribution in [1.29, 1.82) is 0 Å². The molecule has 1 aliphatic heterocycles. The van der Waals surface area contributed by atoms with Crippen LogP contribution in [0.2, 0.25) is 0 Å². The van der Waals surface area contributed by atoms with Crippen LogP contribution in [0.3, 0.4) is 0 Å². The first-order valence-electron chi connectivity index (χ1n) is 8.44. The molecule has 0 aromatic heterocycles. The fourth-order valence-electron chi connectivity index (χ4n) is 2.78. The Morgan fingerprint density at radius 1 is 1.04 bits per heavy atom. The average molecular weight is 415 g/mol. The smallest absolute Gasteiger partial charge is 0.304 e. The minimum absolute atomic E-state index is 0.205. The summed E-state index contributed by atoms with van der Waals surface area (Å²) in [5.41, 5.74) is -0.744. The Kier molecular flexibility index (Phi) is 6.77. The maximum absolute atomic E-state index is 13.0. The molecule has 0 amide bonds. The summed E-state index contributed by atoms with van der Waals surface area (Å²) in [7, 11) is -8.34. The van der Waals surface area contributed by atoms with Crippen LogP contribution in [0.25, 0.3) is 0 Å². The zero-order valence-electron chi connectivity index (χ0n) is 14.9.